The van der Waals surface area contributed by atoms with Gasteiger partial charge < -0.3 is 15.7 Å². The fraction of sp³-hybridized carbons (Fsp3) is 0.429. The number of rotatable bonds is 6. The lowest BCUT2D eigenvalue weighted by atomic mass is 10.1. The zero-order valence-electron chi connectivity index (χ0n) is 11.3. The Bertz CT molecular complexity index is 429. The molecule has 1 rings (SSSR count). The minimum absolute atomic E-state index is 0.380. The number of carboxylic acid groups (broad SMARTS) is 1. The van der Waals surface area contributed by atoms with Crippen LogP contribution in [-0.2, 0) is 11.3 Å². The lowest BCUT2D eigenvalue weighted by Gasteiger charge is -2.14. The number of urea groups is 1. The maximum absolute atomic E-state index is 11.6. The lowest BCUT2D eigenvalue weighted by molar-refractivity contribution is -0.139. The molecule has 1 atom stereocenters. The van der Waals surface area contributed by atoms with E-state index in [1.54, 1.807) is 0 Å². The topological polar surface area (TPSA) is 78.4 Å². The summed E-state index contributed by atoms with van der Waals surface area (Å²) in [4.78, 5) is 22.5. The van der Waals surface area contributed by atoms with Crippen molar-refractivity contribution in [2.24, 2.45) is 0 Å². The molecule has 5 heteroatoms. The molecular formula is C14H20N2O3. The van der Waals surface area contributed by atoms with Crippen LogP contribution >= 0.6 is 0 Å². The largest absolute Gasteiger partial charge is 0.480 e. The van der Waals surface area contributed by atoms with E-state index in [-0.39, 0.29) is 0 Å². The number of amides is 2. The van der Waals surface area contributed by atoms with Crippen molar-refractivity contribution in [2.45, 2.75) is 39.3 Å². The van der Waals surface area contributed by atoms with Crippen molar-refractivity contribution in [3.8, 4) is 0 Å². The third-order valence-electron chi connectivity index (χ3n) is 2.75. The van der Waals surface area contributed by atoms with E-state index in [1.807, 2.05) is 38.1 Å². The molecule has 0 heterocycles. The first-order valence-electron chi connectivity index (χ1n) is 6.35. The van der Waals surface area contributed by atoms with Crippen molar-refractivity contribution in [3.63, 3.8) is 0 Å². The predicted molar refractivity (Wildman–Crippen MR) is 72.9 cm³/mol. The van der Waals surface area contributed by atoms with Gasteiger partial charge in [0.2, 0.25) is 0 Å². The molecule has 0 aliphatic carbocycles. The highest BCUT2D eigenvalue weighted by molar-refractivity contribution is 5.82. The van der Waals surface area contributed by atoms with E-state index in [1.165, 1.54) is 0 Å². The molecule has 1 aromatic rings. The number of carboxylic acids is 1. The highest BCUT2D eigenvalue weighted by atomic mass is 16.4. The second kappa shape index (κ2) is 7.41. The van der Waals surface area contributed by atoms with Crippen molar-refractivity contribution in [2.75, 3.05) is 0 Å². The quantitative estimate of drug-likeness (QED) is 0.735. The summed E-state index contributed by atoms with van der Waals surface area (Å²) in [7, 11) is 0. The molecule has 0 bridgehead atoms. The fourth-order valence-corrected chi connectivity index (χ4v) is 1.64. The normalized spacial score (nSPS) is 11.7. The molecule has 0 aliphatic heterocycles. The second-order valence-corrected chi connectivity index (χ2v) is 4.49. The van der Waals surface area contributed by atoms with Crippen molar-refractivity contribution < 1.29 is 14.7 Å². The van der Waals surface area contributed by atoms with Crippen LogP contribution in [0.15, 0.2) is 24.3 Å². The predicted octanol–water partition coefficient (Wildman–Crippen LogP) is 2.05. The first kappa shape index (κ1) is 15.0. The molecule has 0 radical (unpaired) electrons. The standard InChI is InChI=1S/C14H20N2O3/c1-3-4-12(13(17)18)16-14(19)15-9-11-7-5-10(2)6-8-11/h5-8,12H,3-4,9H2,1-2H3,(H,17,18)(H2,15,16,19)/t12-/m0/s1. The Morgan fingerprint density at radius 2 is 1.89 bits per heavy atom. The highest BCUT2D eigenvalue weighted by Gasteiger charge is 2.18. The monoisotopic (exact) mass is 264 g/mol. The van der Waals surface area contributed by atoms with Gasteiger partial charge in [0.15, 0.2) is 0 Å². The SMILES string of the molecule is CCC[C@H](NC(=O)NCc1ccc(C)cc1)C(=O)O. The average Bonchev–Trinajstić information content (AvgIpc) is 2.37. The Hall–Kier alpha value is -2.04. The van der Waals surface area contributed by atoms with E-state index in [2.05, 4.69) is 10.6 Å². The van der Waals surface area contributed by atoms with Crippen LogP contribution < -0.4 is 10.6 Å². The molecule has 0 fully saturated rings. The summed E-state index contributed by atoms with van der Waals surface area (Å²) in [5, 5.41) is 14.0. The minimum Gasteiger partial charge on any atom is -0.480 e. The summed E-state index contributed by atoms with van der Waals surface area (Å²) in [6, 6.07) is 6.49. The molecule has 19 heavy (non-hydrogen) atoms. The Labute approximate surface area is 113 Å². The van der Waals surface area contributed by atoms with Crippen LogP contribution in [0.2, 0.25) is 0 Å². The lowest BCUT2D eigenvalue weighted by Crippen LogP contribution is -2.45. The average molecular weight is 264 g/mol. The van der Waals surface area contributed by atoms with Crippen LogP contribution in [0.3, 0.4) is 0 Å². The van der Waals surface area contributed by atoms with Crippen LogP contribution in [0.5, 0.6) is 0 Å². The van der Waals surface area contributed by atoms with Gasteiger partial charge in [0.25, 0.3) is 0 Å². The van der Waals surface area contributed by atoms with E-state index in [0.29, 0.717) is 19.4 Å². The van der Waals surface area contributed by atoms with E-state index in [9.17, 15) is 9.59 Å². The number of hydrogen-bond acceptors (Lipinski definition) is 2. The summed E-state index contributed by atoms with van der Waals surface area (Å²) < 4.78 is 0. The first-order chi connectivity index (χ1) is 9.02. The zero-order valence-corrected chi connectivity index (χ0v) is 11.3. The number of carbonyl (C=O) groups is 2. The number of aryl methyl sites for hydroxylation is 1. The van der Waals surface area contributed by atoms with Gasteiger partial charge >= 0.3 is 12.0 Å². The van der Waals surface area contributed by atoms with Crippen molar-refractivity contribution >= 4 is 12.0 Å². The minimum atomic E-state index is -1.01. The van der Waals surface area contributed by atoms with Crippen molar-refractivity contribution in [1.29, 1.82) is 0 Å². The number of hydrogen-bond donors (Lipinski definition) is 3. The van der Waals surface area contributed by atoms with E-state index in [4.69, 9.17) is 5.11 Å². The van der Waals surface area contributed by atoms with Crippen LogP contribution in [0.1, 0.15) is 30.9 Å². The molecule has 0 aliphatic rings. The van der Waals surface area contributed by atoms with Crippen molar-refractivity contribution in [1.82, 2.24) is 10.6 Å². The van der Waals surface area contributed by atoms with Crippen LogP contribution in [0.25, 0.3) is 0 Å². The molecule has 104 valence electrons. The third kappa shape index (κ3) is 5.42. The van der Waals surface area contributed by atoms with E-state index >= 15 is 0 Å². The Morgan fingerprint density at radius 3 is 2.42 bits per heavy atom. The van der Waals surface area contributed by atoms with Crippen LogP contribution in [-0.4, -0.2) is 23.1 Å². The summed E-state index contributed by atoms with van der Waals surface area (Å²) in [5.41, 5.74) is 2.13. The molecular weight excluding hydrogens is 244 g/mol. The van der Waals surface area contributed by atoms with Crippen LogP contribution in [0, 0.1) is 6.92 Å². The molecule has 1 aromatic carbocycles. The maximum atomic E-state index is 11.6. The summed E-state index contributed by atoms with van der Waals surface area (Å²) in [5.74, 6) is -1.01. The summed E-state index contributed by atoms with van der Waals surface area (Å²) in [6.07, 6.45) is 1.13. The van der Waals surface area contributed by atoms with Crippen LogP contribution in [0.4, 0.5) is 4.79 Å². The Kier molecular flexibility index (Phi) is 5.85. The second-order valence-electron chi connectivity index (χ2n) is 4.49. The van der Waals surface area contributed by atoms with Gasteiger partial charge in [0.05, 0.1) is 0 Å². The first-order valence-corrected chi connectivity index (χ1v) is 6.35. The van der Waals surface area contributed by atoms with Gasteiger partial charge in [-0.15, -0.1) is 0 Å². The smallest absolute Gasteiger partial charge is 0.326 e. The van der Waals surface area contributed by atoms with Gasteiger partial charge in [-0.05, 0) is 18.9 Å². The highest BCUT2D eigenvalue weighted by Crippen LogP contribution is 2.02. The molecule has 5 nitrogen and oxygen atoms in total. The maximum Gasteiger partial charge on any atom is 0.326 e. The fourth-order valence-electron chi connectivity index (χ4n) is 1.64. The zero-order chi connectivity index (χ0) is 14.3. The molecule has 0 aromatic heterocycles. The molecule has 2 amide bonds. The summed E-state index contributed by atoms with van der Waals surface area (Å²) in [6.45, 7) is 4.25. The molecule has 3 N–H and O–H groups in total. The number of carbonyl (C=O) groups excluding carboxylic acids is 1. The number of benzene rings is 1. The van der Waals surface area contributed by atoms with Gasteiger partial charge in [-0.2, -0.15) is 0 Å². The Morgan fingerprint density at radius 1 is 1.26 bits per heavy atom. The molecule has 0 spiro atoms. The van der Waals surface area contributed by atoms with Gasteiger partial charge in [0.1, 0.15) is 6.04 Å². The number of aliphatic carboxylic acids is 1. The van der Waals surface area contributed by atoms with Gasteiger partial charge in [-0.25, -0.2) is 9.59 Å². The van der Waals surface area contributed by atoms with E-state index in [0.717, 1.165) is 11.1 Å². The van der Waals surface area contributed by atoms with Gasteiger partial charge in [0, 0.05) is 6.54 Å². The molecule has 0 saturated heterocycles. The van der Waals surface area contributed by atoms with Gasteiger partial charge in [-0.3, -0.25) is 0 Å². The Balaban J connectivity index is 2.42. The summed E-state index contributed by atoms with van der Waals surface area (Å²) >= 11 is 0. The van der Waals surface area contributed by atoms with E-state index < -0.39 is 18.0 Å². The van der Waals surface area contributed by atoms with Gasteiger partial charge in [-0.1, -0.05) is 43.2 Å². The third-order valence-corrected chi connectivity index (χ3v) is 2.75. The number of nitrogens with one attached hydrogen (secondary N) is 2. The van der Waals surface area contributed by atoms with Crippen molar-refractivity contribution in [3.05, 3.63) is 35.4 Å². The molecule has 0 unspecified atom stereocenters. The molecule has 0 saturated carbocycles.